The molecule has 0 aliphatic carbocycles. The fourth-order valence-electron chi connectivity index (χ4n) is 1.74. The van der Waals surface area contributed by atoms with Gasteiger partial charge in [0.25, 0.3) is 0 Å². The fourth-order valence-corrected chi connectivity index (χ4v) is 2.26. The Morgan fingerprint density at radius 1 is 1.41 bits per heavy atom. The number of hydrogen-bond acceptors (Lipinski definition) is 3. The third-order valence-corrected chi connectivity index (χ3v) is 3.19. The maximum atomic E-state index is 6.05. The molecule has 92 valence electrons. The molecule has 3 nitrogen and oxygen atoms in total. The van der Waals surface area contributed by atoms with Gasteiger partial charge < -0.3 is 10.2 Å². The summed E-state index contributed by atoms with van der Waals surface area (Å²) in [7, 11) is 0. The molecule has 0 fully saturated rings. The number of rotatable bonds is 4. The highest BCUT2D eigenvalue weighted by molar-refractivity contribution is 6.37. The third-order valence-electron chi connectivity index (χ3n) is 2.69. The minimum absolute atomic E-state index is 0.237. The van der Waals surface area contributed by atoms with Crippen LogP contribution in [0.3, 0.4) is 0 Å². The molecular formula is C12H14Cl2N2O. The normalized spacial score (nSPS) is 13.2. The van der Waals surface area contributed by atoms with Crippen LogP contribution in [0.25, 0.3) is 11.1 Å². The molecule has 5 heteroatoms. The first-order valence-electron chi connectivity index (χ1n) is 5.57. The molecule has 1 atom stereocenters. The van der Waals surface area contributed by atoms with E-state index in [9.17, 15) is 0 Å². The number of aromatic nitrogens is 1. The Kier molecular flexibility index (Phi) is 3.92. The molecule has 0 spiro atoms. The Morgan fingerprint density at radius 3 is 2.88 bits per heavy atom. The Morgan fingerprint density at radius 2 is 2.18 bits per heavy atom. The van der Waals surface area contributed by atoms with Gasteiger partial charge in [0.05, 0.1) is 5.02 Å². The average molecular weight is 273 g/mol. The van der Waals surface area contributed by atoms with Gasteiger partial charge >= 0.3 is 0 Å². The van der Waals surface area contributed by atoms with E-state index in [1.54, 1.807) is 12.1 Å². The number of oxazole rings is 1. The van der Waals surface area contributed by atoms with Gasteiger partial charge in [-0.25, -0.2) is 4.98 Å². The van der Waals surface area contributed by atoms with Gasteiger partial charge in [-0.2, -0.15) is 0 Å². The maximum Gasteiger partial charge on any atom is 0.198 e. The predicted molar refractivity (Wildman–Crippen MR) is 70.7 cm³/mol. The minimum Gasteiger partial charge on any atom is -0.439 e. The molecule has 0 amide bonds. The summed E-state index contributed by atoms with van der Waals surface area (Å²) in [6, 6.07) is 3.41. The number of nitrogens with two attached hydrogens (primary N) is 1. The van der Waals surface area contributed by atoms with E-state index in [1.807, 2.05) is 0 Å². The van der Waals surface area contributed by atoms with Crippen LogP contribution >= 0.6 is 23.2 Å². The van der Waals surface area contributed by atoms with Gasteiger partial charge in [0, 0.05) is 10.9 Å². The highest BCUT2D eigenvalue weighted by atomic mass is 35.5. The zero-order chi connectivity index (χ0) is 12.4. The van der Waals surface area contributed by atoms with Crippen LogP contribution in [0, 0.1) is 0 Å². The summed E-state index contributed by atoms with van der Waals surface area (Å²) >= 11 is 12.0. The molecule has 0 radical (unpaired) electrons. The lowest BCUT2D eigenvalue weighted by atomic mass is 10.1. The van der Waals surface area contributed by atoms with Gasteiger partial charge in [-0.15, -0.1) is 0 Å². The van der Waals surface area contributed by atoms with Crippen molar-refractivity contribution in [3.05, 3.63) is 28.1 Å². The first-order valence-corrected chi connectivity index (χ1v) is 6.33. The molecule has 2 rings (SSSR count). The molecule has 0 aliphatic rings. The van der Waals surface area contributed by atoms with Gasteiger partial charge in [-0.3, -0.25) is 0 Å². The predicted octanol–water partition coefficient (Wildman–Crippen LogP) is 3.98. The van der Waals surface area contributed by atoms with Crippen molar-refractivity contribution in [1.82, 2.24) is 4.98 Å². The molecule has 17 heavy (non-hydrogen) atoms. The van der Waals surface area contributed by atoms with E-state index in [2.05, 4.69) is 11.9 Å². The monoisotopic (exact) mass is 272 g/mol. The molecule has 0 bridgehead atoms. The van der Waals surface area contributed by atoms with E-state index < -0.39 is 0 Å². The molecule has 0 saturated heterocycles. The van der Waals surface area contributed by atoms with Crippen molar-refractivity contribution in [2.24, 2.45) is 5.73 Å². The summed E-state index contributed by atoms with van der Waals surface area (Å²) in [5.41, 5.74) is 6.79. The summed E-state index contributed by atoms with van der Waals surface area (Å²) in [5, 5.41) is 1.06. The van der Waals surface area contributed by atoms with E-state index in [0.29, 0.717) is 33.6 Å². The molecule has 1 aromatic heterocycles. The van der Waals surface area contributed by atoms with Crippen LogP contribution in [0.5, 0.6) is 0 Å². The molecular weight excluding hydrogens is 259 g/mol. The highest BCUT2D eigenvalue weighted by Crippen LogP contribution is 2.31. The first kappa shape index (κ1) is 12.7. The largest absolute Gasteiger partial charge is 0.439 e. The van der Waals surface area contributed by atoms with Crippen molar-refractivity contribution >= 4 is 34.3 Å². The van der Waals surface area contributed by atoms with Gasteiger partial charge in [0.2, 0.25) is 0 Å². The molecule has 1 unspecified atom stereocenters. The minimum atomic E-state index is 0.237. The molecule has 0 saturated carbocycles. The van der Waals surface area contributed by atoms with Crippen LogP contribution in [0.15, 0.2) is 16.5 Å². The second kappa shape index (κ2) is 5.25. The number of nitrogens with zero attached hydrogens (tertiary/aromatic N) is 1. The average Bonchev–Trinajstić information content (AvgIpc) is 2.69. The number of benzene rings is 1. The zero-order valence-electron chi connectivity index (χ0n) is 9.54. The van der Waals surface area contributed by atoms with Gasteiger partial charge in [-0.1, -0.05) is 30.1 Å². The summed E-state index contributed by atoms with van der Waals surface area (Å²) in [4.78, 5) is 4.41. The first-order chi connectivity index (χ1) is 8.11. The van der Waals surface area contributed by atoms with E-state index in [4.69, 9.17) is 33.4 Å². The van der Waals surface area contributed by atoms with Gasteiger partial charge in [0.15, 0.2) is 11.5 Å². The Balaban J connectivity index is 2.34. The summed E-state index contributed by atoms with van der Waals surface area (Å²) in [5.74, 6) is 0.929. The van der Waals surface area contributed by atoms with Crippen LogP contribution in [-0.2, 0) is 0 Å². The van der Waals surface area contributed by atoms with Crippen LogP contribution in [0.2, 0.25) is 10.0 Å². The van der Waals surface area contributed by atoms with E-state index in [1.165, 1.54) is 0 Å². The van der Waals surface area contributed by atoms with Crippen LogP contribution in [0.4, 0.5) is 0 Å². The second-order valence-electron chi connectivity index (χ2n) is 4.12. The SMILES string of the molecule is CC(CCCN)c1nc2cc(Cl)cc(Cl)c2o1. The van der Waals surface area contributed by atoms with Crippen molar-refractivity contribution in [1.29, 1.82) is 0 Å². The smallest absolute Gasteiger partial charge is 0.198 e. The summed E-state index contributed by atoms with van der Waals surface area (Å²) in [6.07, 6.45) is 1.91. The van der Waals surface area contributed by atoms with Crippen molar-refractivity contribution in [2.75, 3.05) is 6.54 Å². The maximum absolute atomic E-state index is 6.05. The van der Waals surface area contributed by atoms with Gasteiger partial charge in [0.1, 0.15) is 5.52 Å². The summed E-state index contributed by atoms with van der Waals surface area (Å²) in [6.45, 7) is 2.74. The fraction of sp³-hybridized carbons (Fsp3) is 0.417. The topological polar surface area (TPSA) is 52.0 Å². The van der Waals surface area contributed by atoms with Crippen molar-refractivity contribution in [2.45, 2.75) is 25.7 Å². The lowest BCUT2D eigenvalue weighted by molar-refractivity contribution is 0.464. The van der Waals surface area contributed by atoms with Crippen LogP contribution in [0.1, 0.15) is 31.6 Å². The third kappa shape index (κ3) is 2.73. The Hall–Kier alpha value is -0.770. The summed E-state index contributed by atoms with van der Waals surface area (Å²) < 4.78 is 5.67. The molecule has 2 aromatic rings. The van der Waals surface area contributed by atoms with Crippen molar-refractivity contribution in [3.8, 4) is 0 Å². The molecule has 1 heterocycles. The highest BCUT2D eigenvalue weighted by Gasteiger charge is 2.15. The Labute approximate surface area is 110 Å². The van der Waals surface area contributed by atoms with Crippen LogP contribution in [-0.4, -0.2) is 11.5 Å². The molecule has 0 aliphatic heterocycles. The number of hydrogen-bond donors (Lipinski definition) is 1. The Bertz CT molecular complexity index is 524. The quantitative estimate of drug-likeness (QED) is 0.916. The standard InChI is InChI=1S/C12H14Cl2N2O/c1-7(3-2-4-15)12-16-10-6-8(13)5-9(14)11(10)17-12/h5-7H,2-4,15H2,1H3. The van der Waals surface area contributed by atoms with Crippen molar-refractivity contribution in [3.63, 3.8) is 0 Å². The van der Waals surface area contributed by atoms with E-state index >= 15 is 0 Å². The number of fused-ring (bicyclic) bond motifs is 1. The molecule has 2 N–H and O–H groups in total. The number of halogens is 2. The lowest BCUT2D eigenvalue weighted by Crippen LogP contribution is -2.02. The molecule has 1 aromatic carbocycles. The second-order valence-corrected chi connectivity index (χ2v) is 4.96. The van der Waals surface area contributed by atoms with E-state index in [-0.39, 0.29) is 5.92 Å². The van der Waals surface area contributed by atoms with Gasteiger partial charge in [-0.05, 0) is 31.5 Å². The van der Waals surface area contributed by atoms with E-state index in [0.717, 1.165) is 12.8 Å². The lowest BCUT2D eigenvalue weighted by Gasteiger charge is -2.04. The van der Waals surface area contributed by atoms with Crippen molar-refractivity contribution < 1.29 is 4.42 Å². The zero-order valence-corrected chi connectivity index (χ0v) is 11.1. The van der Waals surface area contributed by atoms with Crippen LogP contribution < -0.4 is 5.73 Å².